The summed E-state index contributed by atoms with van der Waals surface area (Å²) < 4.78 is 18.2. The van der Waals surface area contributed by atoms with Crippen LogP contribution < -0.4 is 10.1 Å². The summed E-state index contributed by atoms with van der Waals surface area (Å²) in [6, 6.07) is 12.7. The van der Waals surface area contributed by atoms with Crippen LogP contribution in [0.15, 0.2) is 53.5 Å². The van der Waals surface area contributed by atoms with Crippen molar-refractivity contribution in [3.63, 3.8) is 0 Å². The van der Waals surface area contributed by atoms with Gasteiger partial charge in [-0.3, -0.25) is 14.5 Å². The molecule has 28 heavy (non-hydrogen) atoms. The molecule has 1 atom stereocenters. The van der Waals surface area contributed by atoms with Gasteiger partial charge in [0, 0.05) is 24.7 Å². The van der Waals surface area contributed by atoms with Crippen LogP contribution >= 0.6 is 11.8 Å². The zero-order valence-corrected chi connectivity index (χ0v) is 16.3. The maximum Gasteiger partial charge on any atom is 0.238 e. The lowest BCUT2D eigenvalue weighted by atomic mass is 10.2. The molecule has 2 aromatic rings. The van der Waals surface area contributed by atoms with Gasteiger partial charge < -0.3 is 10.1 Å². The maximum absolute atomic E-state index is 13.0. The van der Waals surface area contributed by atoms with E-state index in [0.29, 0.717) is 28.8 Å². The lowest BCUT2D eigenvalue weighted by Crippen LogP contribution is -2.45. The van der Waals surface area contributed by atoms with E-state index in [1.54, 1.807) is 30.2 Å². The van der Waals surface area contributed by atoms with Crippen molar-refractivity contribution in [2.45, 2.75) is 18.6 Å². The molecule has 2 aromatic carbocycles. The fourth-order valence-corrected chi connectivity index (χ4v) is 3.86. The molecule has 1 fully saturated rings. The van der Waals surface area contributed by atoms with Crippen molar-refractivity contribution < 1.29 is 18.7 Å². The molecule has 0 saturated carbocycles. The first-order valence-corrected chi connectivity index (χ1v) is 9.64. The van der Waals surface area contributed by atoms with Crippen LogP contribution in [0.1, 0.15) is 13.3 Å². The molecule has 0 radical (unpaired) electrons. The molecule has 1 N–H and O–H groups in total. The van der Waals surface area contributed by atoms with Gasteiger partial charge in [0.25, 0.3) is 0 Å². The van der Waals surface area contributed by atoms with Crippen molar-refractivity contribution in [2.24, 2.45) is 4.99 Å². The minimum atomic E-state index is -0.621. The Hall–Kier alpha value is -2.87. The molecule has 0 aliphatic carbocycles. The zero-order valence-electron chi connectivity index (χ0n) is 15.5. The summed E-state index contributed by atoms with van der Waals surface area (Å²) in [4.78, 5) is 31.3. The van der Waals surface area contributed by atoms with Gasteiger partial charge in [-0.1, -0.05) is 17.8 Å². The molecule has 1 aliphatic rings. The Morgan fingerprint density at radius 1 is 1.32 bits per heavy atom. The van der Waals surface area contributed by atoms with Crippen LogP contribution in [0, 0.1) is 5.82 Å². The highest BCUT2D eigenvalue weighted by atomic mass is 32.2. The lowest BCUT2D eigenvalue weighted by Gasteiger charge is -2.30. The highest BCUT2D eigenvalue weighted by molar-refractivity contribution is 8.15. The highest BCUT2D eigenvalue weighted by Crippen LogP contribution is 2.30. The Morgan fingerprint density at radius 3 is 2.75 bits per heavy atom. The summed E-state index contributed by atoms with van der Waals surface area (Å²) in [5, 5.41) is 2.57. The lowest BCUT2D eigenvalue weighted by molar-refractivity contribution is -0.129. The quantitative estimate of drug-likeness (QED) is 0.827. The second kappa shape index (κ2) is 8.88. The average molecular weight is 401 g/mol. The number of methoxy groups -OCH3 is 1. The summed E-state index contributed by atoms with van der Waals surface area (Å²) in [6.45, 7) is 2.32. The van der Waals surface area contributed by atoms with Gasteiger partial charge in [-0.15, -0.1) is 0 Å². The summed E-state index contributed by atoms with van der Waals surface area (Å²) in [6.07, 6.45) is 0.0721. The van der Waals surface area contributed by atoms with E-state index in [1.165, 1.54) is 36.0 Å². The number of hydrogen-bond acceptors (Lipinski definition) is 5. The third kappa shape index (κ3) is 4.69. The first kappa shape index (κ1) is 19.9. The van der Waals surface area contributed by atoms with Crippen LogP contribution in [-0.2, 0) is 9.59 Å². The zero-order chi connectivity index (χ0) is 20.1. The van der Waals surface area contributed by atoms with Crippen LogP contribution in [-0.4, -0.2) is 40.8 Å². The SMILES string of the molecule is CCN1C(=O)C[C@@H](C(=O)Nc2ccc(F)cc2)SC1=Nc1cccc(OC)c1. The van der Waals surface area contributed by atoms with E-state index < -0.39 is 5.25 Å². The number of carbonyl (C=O) groups is 2. The Labute approximate surface area is 166 Å². The molecule has 0 aromatic heterocycles. The number of amidine groups is 1. The number of thioether (sulfide) groups is 1. The predicted octanol–water partition coefficient (Wildman–Crippen LogP) is 3.81. The molecule has 2 amide bonds. The van der Waals surface area contributed by atoms with Crippen LogP contribution in [0.5, 0.6) is 5.75 Å². The van der Waals surface area contributed by atoms with Crippen LogP contribution in [0.2, 0.25) is 0 Å². The van der Waals surface area contributed by atoms with Crippen LogP contribution in [0.25, 0.3) is 0 Å². The Morgan fingerprint density at radius 2 is 2.07 bits per heavy atom. The molecule has 0 spiro atoms. The normalized spacial score (nSPS) is 18.2. The molecule has 1 aliphatic heterocycles. The maximum atomic E-state index is 13.0. The van der Waals surface area contributed by atoms with Crippen molar-refractivity contribution >= 4 is 40.1 Å². The molecular formula is C20H20FN3O3S. The fourth-order valence-electron chi connectivity index (χ4n) is 2.70. The monoisotopic (exact) mass is 401 g/mol. The molecule has 146 valence electrons. The number of halogens is 1. The largest absolute Gasteiger partial charge is 0.497 e. The molecule has 6 nitrogen and oxygen atoms in total. The van der Waals surface area contributed by atoms with Crippen molar-refractivity contribution in [1.29, 1.82) is 0 Å². The number of anilines is 1. The molecule has 1 heterocycles. The molecule has 1 saturated heterocycles. The number of ether oxygens (including phenoxy) is 1. The highest BCUT2D eigenvalue weighted by Gasteiger charge is 2.35. The smallest absolute Gasteiger partial charge is 0.238 e. The number of amides is 2. The Balaban J connectivity index is 1.81. The first-order chi connectivity index (χ1) is 13.5. The number of aliphatic imine (C=N–C) groups is 1. The average Bonchev–Trinajstić information content (AvgIpc) is 2.69. The molecule has 8 heteroatoms. The van der Waals surface area contributed by atoms with E-state index in [2.05, 4.69) is 10.3 Å². The van der Waals surface area contributed by atoms with Gasteiger partial charge in [0.1, 0.15) is 16.8 Å². The van der Waals surface area contributed by atoms with Gasteiger partial charge in [0.2, 0.25) is 11.8 Å². The first-order valence-electron chi connectivity index (χ1n) is 8.76. The predicted molar refractivity (Wildman–Crippen MR) is 109 cm³/mol. The Bertz CT molecular complexity index is 902. The van der Waals surface area contributed by atoms with Crippen molar-refractivity contribution in [3.05, 3.63) is 54.3 Å². The number of rotatable bonds is 5. The second-order valence-electron chi connectivity index (χ2n) is 6.04. The number of nitrogens with one attached hydrogen (secondary N) is 1. The van der Waals surface area contributed by atoms with E-state index in [1.807, 2.05) is 13.0 Å². The van der Waals surface area contributed by atoms with Gasteiger partial charge in [-0.05, 0) is 43.3 Å². The van der Waals surface area contributed by atoms with E-state index in [4.69, 9.17) is 4.74 Å². The van der Waals surface area contributed by atoms with Crippen LogP contribution in [0.3, 0.4) is 0 Å². The van der Waals surface area contributed by atoms with Gasteiger partial charge in [0.15, 0.2) is 5.17 Å². The number of benzene rings is 2. The van der Waals surface area contributed by atoms with Crippen LogP contribution in [0.4, 0.5) is 15.8 Å². The van der Waals surface area contributed by atoms with Gasteiger partial charge >= 0.3 is 0 Å². The third-order valence-electron chi connectivity index (χ3n) is 4.14. The number of nitrogens with zero attached hydrogens (tertiary/aromatic N) is 2. The summed E-state index contributed by atoms with van der Waals surface area (Å²) in [5.74, 6) is -0.213. The molecule has 3 rings (SSSR count). The van der Waals surface area contributed by atoms with E-state index in [-0.39, 0.29) is 24.1 Å². The Kier molecular flexibility index (Phi) is 6.30. The topological polar surface area (TPSA) is 71.0 Å². The molecular weight excluding hydrogens is 381 g/mol. The molecule has 0 bridgehead atoms. The van der Waals surface area contributed by atoms with Crippen molar-refractivity contribution in [2.75, 3.05) is 19.0 Å². The number of hydrogen-bond donors (Lipinski definition) is 1. The van der Waals surface area contributed by atoms with Crippen molar-refractivity contribution in [3.8, 4) is 5.75 Å². The summed E-state index contributed by atoms with van der Waals surface area (Å²) >= 11 is 1.23. The minimum absolute atomic E-state index is 0.0721. The van der Waals surface area contributed by atoms with E-state index in [0.717, 1.165) is 0 Å². The van der Waals surface area contributed by atoms with E-state index in [9.17, 15) is 14.0 Å². The summed E-state index contributed by atoms with van der Waals surface area (Å²) in [5.41, 5.74) is 1.11. The molecule has 0 unspecified atom stereocenters. The second-order valence-corrected chi connectivity index (χ2v) is 7.21. The van der Waals surface area contributed by atoms with Gasteiger partial charge in [-0.2, -0.15) is 0 Å². The van der Waals surface area contributed by atoms with Gasteiger partial charge in [-0.25, -0.2) is 9.38 Å². The third-order valence-corrected chi connectivity index (χ3v) is 5.33. The van der Waals surface area contributed by atoms with E-state index >= 15 is 0 Å². The number of carbonyl (C=O) groups excluding carboxylic acids is 2. The minimum Gasteiger partial charge on any atom is -0.497 e. The standard InChI is InChI=1S/C20H20FN3O3S/c1-3-24-18(25)12-17(19(26)22-14-9-7-13(21)8-10-14)28-20(24)23-15-5-4-6-16(11-15)27-2/h4-11,17H,3,12H2,1-2H3,(H,22,26)/t17-/m0/s1. The fraction of sp³-hybridized carbons (Fsp3) is 0.250. The van der Waals surface area contributed by atoms with Crippen molar-refractivity contribution in [1.82, 2.24) is 4.90 Å². The summed E-state index contributed by atoms with van der Waals surface area (Å²) in [7, 11) is 1.57. The van der Waals surface area contributed by atoms with Gasteiger partial charge in [0.05, 0.1) is 12.8 Å².